The Morgan fingerprint density at radius 1 is 0.368 bits per heavy atom. The van der Waals surface area contributed by atoms with Gasteiger partial charge in [0.15, 0.2) is 0 Å². The topological polar surface area (TPSA) is 265 Å². The molecule has 9 saturated carbocycles. The molecule has 8 N–H and O–H groups in total. The molecule has 10 rings (SSSR count). The number of thiol groups is 1. The monoisotopic (exact) mass is 1810 g/mol. The number of fused-ring (bicyclic) bond motifs is 18. The van der Waals surface area contributed by atoms with E-state index in [1.54, 1.807) is 6.92 Å². The van der Waals surface area contributed by atoms with Crippen LogP contribution in [-0.2, 0) is 38.4 Å². The first-order chi connectivity index (χ1) is 58.3. The number of aliphatic hydroxyl groups is 1. The van der Waals surface area contributed by atoms with Crippen molar-refractivity contribution in [2.24, 2.45) is 284 Å². The average Bonchev–Trinajstić information content (AvgIpc) is 0.988. The van der Waals surface area contributed by atoms with Crippen LogP contribution in [0.3, 0.4) is 0 Å². The Bertz CT molecular complexity index is 3170. The number of carboxylic acid groups (broad SMARTS) is 3. The summed E-state index contributed by atoms with van der Waals surface area (Å²) in [7, 11) is 0. The number of hydrogen-bond acceptors (Lipinski definition) is 14. The molecular weight excluding hydrogens is 1620 g/mol. The second kappa shape index (κ2) is 49.7. The minimum atomic E-state index is -1.00. The molecule has 726 valence electrons. The standard InChI is InChI=1S/C36H64O3S.C32H59NO2S.C29H54O.C7H9NO4.C3H7NO2S/c1-12-26(37)13-25(36(38)39)17-40-18-33-34-29(23(10)19(2)3)15-30(24(11)20(4)5)35(33)32-16-31(34)27(21(6)7)14-28(32)22(8)9;1-16(2)20(9)24-12-25(21(10)17(3)4)31-27-13-26(22(18(5)6)11-23(27)19(7)8)30(24)28(31)14-36-15-29(33)32(34)35;1-15(2)19(9)23-12-24(20(10)16(3)4)29-26-13-25(28(23)27(29)14-30)21(17(5)6)11-22(26)18(7)8;1-2-7(11)12-8-5(9)3-4-6(8)10;4-2(1-7)3(5)6/h19-25,27-35H,12-18H2,1-11H3,(H,38,39);16-31H,11-15,33H2,1-10H3,(H,34,35);15-30H,11-14H2,1-10H3;2-4H2,1H3;2,7H,1,4H2,(H,5,6). The minimum Gasteiger partial charge on any atom is -0.481 e. The van der Waals surface area contributed by atoms with E-state index in [-0.39, 0.29) is 37.2 Å². The number of Topliss-reactive ketones (excluding diaryl/α,β-unsaturated/α-hetero) is 1. The molecule has 33 atom stereocenters. The quantitative estimate of drug-likeness (QED) is 0.0227. The molecular formula is C107H193N3O12S3. The van der Waals surface area contributed by atoms with Crippen molar-refractivity contribution in [3.05, 3.63) is 0 Å². The second-order valence-electron chi connectivity index (χ2n) is 47.5. The molecule has 0 aromatic carbocycles. The number of carboxylic acids is 3. The third-order valence-electron chi connectivity index (χ3n) is 37.6. The number of rotatable bonds is 36. The summed E-state index contributed by atoms with van der Waals surface area (Å²) >= 11 is 7.37. The summed E-state index contributed by atoms with van der Waals surface area (Å²) in [4.78, 5) is 82.4. The number of aliphatic carboxylic acids is 3. The van der Waals surface area contributed by atoms with Gasteiger partial charge in [0.2, 0.25) is 0 Å². The van der Waals surface area contributed by atoms with Gasteiger partial charge in [0.05, 0.1) is 5.92 Å². The van der Waals surface area contributed by atoms with E-state index in [1.807, 2.05) is 30.4 Å². The molecule has 33 unspecified atom stereocenters. The Morgan fingerprint density at radius 3 is 0.816 bits per heavy atom. The summed E-state index contributed by atoms with van der Waals surface area (Å²) < 4.78 is 0. The zero-order valence-corrected chi connectivity index (χ0v) is 87.8. The van der Waals surface area contributed by atoms with Crippen molar-refractivity contribution < 1.29 is 58.8 Å². The number of aliphatic hydroxyl groups excluding tert-OH is 1. The van der Waals surface area contributed by atoms with E-state index < -0.39 is 53.7 Å². The molecule has 1 saturated heterocycles. The van der Waals surface area contributed by atoms with Crippen molar-refractivity contribution in [1.29, 1.82) is 0 Å². The fourth-order valence-electron chi connectivity index (χ4n) is 28.9. The summed E-state index contributed by atoms with van der Waals surface area (Å²) in [6, 6.07) is -1.57. The highest BCUT2D eigenvalue weighted by molar-refractivity contribution is 7.99. The number of hydroxylamine groups is 2. The lowest BCUT2D eigenvalue weighted by molar-refractivity contribution is -0.197. The van der Waals surface area contributed by atoms with Crippen LogP contribution >= 0.6 is 36.2 Å². The fourth-order valence-corrected chi connectivity index (χ4v) is 31.7. The van der Waals surface area contributed by atoms with Crippen LogP contribution in [0.1, 0.15) is 311 Å². The predicted octanol–water partition coefficient (Wildman–Crippen LogP) is 24.2. The van der Waals surface area contributed by atoms with E-state index in [2.05, 4.69) is 225 Å². The van der Waals surface area contributed by atoms with Crippen LogP contribution in [0.15, 0.2) is 0 Å². The maximum atomic E-state index is 12.2. The number of nitrogens with two attached hydrogens (primary N) is 2. The Hall–Kier alpha value is -2.38. The van der Waals surface area contributed by atoms with Gasteiger partial charge < -0.3 is 36.7 Å². The van der Waals surface area contributed by atoms with E-state index in [0.29, 0.717) is 82.9 Å². The Labute approximate surface area is 779 Å². The van der Waals surface area contributed by atoms with Gasteiger partial charge in [-0.3, -0.25) is 28.8 Å². The largest absolute Gasteiger partial charge is 0.481 e. The van der Waals surface area contributed by atoms with Crippen molar-refractivity contribution >= 4 is 77.6 Å². The number of ketones is 1. The first-order valence-corrected chi connectivity index (χ1v) is 54.4. The molecule has 2 amide bonds. The molecule has 18 heteroatoms. The van der Waals surface area contributed by atoms with Crippen LogP contribution in [0.25, 0.3) is 0 Å². The van der Waals surface area contributed by atoms with Crippen molar-refractivity contribution in [2.75, 3.05) is 35.4 Å². The Kier molecular flexibility index (Phi) is 44.3. The molecule has 0 radical (unpaired) electrons. The molecule has 125 heavy (non-hydrogen) atoms. The highest BCUT2D eigenvalue weighted by Crippen LogP contribution is 2.71. The van der Waals surface area contributed by atoms with Crippen LogP contribution in [0.4, 0.5) is 0 Å². The lowest BCUT2D eigenvalue weighted by atomic mass is 9.40. The molecule has 15 nitrogen and oxygen atoms in total. The van der Waals surface area contributed by atoms with Crippen LogP contribution in [0, 0.1) is 272 Å². The summed E-state index contributed by atoms with van der Waals surface area (Å²) in [5, 5.41) is 38.8. The normalized spacial score (nSPS) is 35.6. The highest BCUT2D eigenvalue weighted by atomic mass is 32.2. The van der Waals surface area contributed by atoms with Gasteiger partial charge in [0.25, 0.3) is 11.8 Å². The maximum Gasteiger partial charge on any atom is 0.332 e. The number of hydrogen-bond donors (Lipinski definition) is 7. The first-order valence-electron chi connectivity index (χ1n) is 51.5. The number of carbonyl (C=O) groups excluding carboxylic acids is 4. The van der Waals surface area contributed by atoms with Crippen LogP contribution in [-0.4, -0.2) is 114 Å². The third-order valence-corrected chi connectivity index (χ3v) is 40.4. The van der Waals surface area contributed by atoms with Gasteiger partial charge >= 0.3 is 23.9 Å². The molecule has 1 heterocycles. The van der Waals surface area contributed by atoms with E-state index in [9.17, 15) is 48.9 Å². The second-order valence-corrected chi connectivity index (χ2v) is 50.0. The number of amides is 2. The lowest BCUT2D eigenvalue weighted by Gasteiger charge is -2.66. The zero-order valence-electron chi connectivity index (χ0n) is 85.3. The summed E-state index contributed by atoms with van der Waals surface area (Å²) in [6.45, 7) is 78.2. The molecule has 12 bridgehead atoms. The van der Waals surface area contributed by atoms with Gasteiger partial charge in [-0.2, -0.15) is 36.2 Å². The predicted molar refractivity (Wildman–Crippen MR) is 524 cm³/mol. The number of thioether (sulfide) groups is 2. The highest BCUT2D eigenvalue weighted by Gasteiger charge is 2.65. The van der Waals surface area contributed by atoms with E-state index in [0.717, 1.165) is 225 Å². The Morgan fingerprint density at radius 2 is 0.616 bits per heavy atom. The molecule has 1 aliphatic heterocycles. The third kappa shape index (κ3) is 26.8. The summed E-state index contributed by atoms with van der Waals surface area (Å²) in [6.07, 6.45) is 13.9. The molecule has 10 aliphatic rings. The zero-order chi connectivity index (χ0) is 94.6. The van der Waals surface area contributed by atoms with Crippen LogP contribution < -0.4 is 11.5 Å². The van der Waals surface area contributed by atoms with Gasteiger partial charge in [-0.15, -0.1) is 5.06 Å². The van der Waals surface area contributed by atoms with Crippen molar-refractivity contribution in [1.82, 2.24) is 5.06 Å². The molecule has 0 aromatic heterocycles. The van der Waals surface area contributed by atoms with Gasteiger partial charge in [-0.25, -0.2) is 4.79 Å². The molecule has 0 aromatic rings. The minimum absolute atomic E-state index is 0.0771. The average molecular weight is 1810 g/mol. The summed E-state index contributed by atoms with van der Waals surface area (Å²) in [5.74, 6) is 33.1. The Balaban J connectivity index is 0.000000263. The number of imide groups is 1. The van der Waals surface area contributed by atoms with Gasteiger partial charge in [0, 0.05) is 56.0 Å². The van der Waals surface area contributed by atoms with Crippen molar-refractivity contribution in [3.8, 4) is 0 Å². The van der Waals surface area contributed by atoms with Gasteiger partial charge in [0.1, 0.15) is 17.9 Å². The number of carbonyl (C=O) groups is 7. The first kappa shape index (κ1) is 111. The number of nitrogens with zero attached hydrogens (tertiary/aromatic N) is 1. The lowest BCUT2D eigenvalue weighted by Crippen LogP contribution is -2.60. The van der Waals surface area contributed by atoms with E-state index >= 15 is 0 Å². The van der Waals surface area contributed by atoms with Crippen LogP contribution in [0.5, 0.6) is 0 Å². The SMILES string of the molecule is CC(C)C(C)C1CC(C(C)C(C)C)C2C3CC(C(C(C)C)CC3C(C)C)C1C2CO.CC(C)C(C)C1CC(C(C)C(C)C)C2C3CC(C(C(C)C)CC3C(C)C)C1C2CSCC(N)C(=O)O.CCC(=O)CC(CSCC1C2C(C(C)C(C)C)CC(C(C)C(C)C)C1C1CC2C(C(C)C)CC1C(C)C)C(=O)O.CCC(=O)ON1C(=O)CCC1=O.NC(CS)C(=O)O. The van der Waals surface area contributed by atoms with Crippen molar-refractivity contribution in [3.63, 3.8) is 0 Å². The molecule has 0 spiro atoms. The van der Waals surface area contributed by atoms with Gasteiger partial charge in [-0.1, -0.05) is 222 Å². The maximum absolute atomic E-state index is 12.2. The van der Waals surface area contributed by atoms with Crippen LogP contribution in [0.2, 0.25) is 0 Å². The fraction of sp³-hybridized carbons (Fsp3) is 0.935. The van der Waals surface area contributed by atoms with E-state index in [1.165, 1.54) is 57.8 Å². The van der Waals surface area contributed by atoms with E-state index in [4.69, 9.17) is 16.6 Å². The summed E-state index contributed by atoms with van der Waals surface area (Å²) in [5.41, 5.74) is 10.9. The van der Waals surface area contributed by atoms with Crippen molar-refractivity contribution in [2.45, 2.75) is 324 Å². The smallest absolute Gasteiger partial charge is 0.332 e. The van der Waals surface area contributed by atoms with Gasteiger partial charge in [-0.05, 0) is 336 Å². The molecule has 10 fully saturated rings. The molecule has 9 aliphatic carbocycles.